The van der Waals surface area contributed by atoms with Crippen LogP contribution in [0.15, 0.2) is 36.4 Å². The Kier molecular flexibility index (Phi) is 10.7. The molecule has 192 valence electrons. The van der Waals surface area contributed by atoms with Gasteiger partial charge in [-0.25, -0.2) is 8.42 Å². The summed E-state index contributed by atoms with van der Waals surface area (Å²) < 4.78 is 26.4. The standard InChI is InChI=1S/C24H30Cl3N3O4S/c1-5-6-12-28-24(32)17(3)29(14-19-20(26)8-7-9-21(19)27)23(31)15-30(35(4,33)34)22-13-18(25)11-10-16(22)2/h7-11,13,17H,5-6,12,14-15H2,1-4H3,(H,28,32). The molecule has 0 aromatic heterocycles. The van der Waals surface area contributed by atoms with Gasteiger partial charge in [0.1, 0.15) is 12.6 Å². The van der Waals surface area contributed by atoms with Crippen LogP contribution >= 0.6 is 34.8 Å². The zero-order valence-corrected chi connectivity index (χ0v) is 23.2. The SMILES string of the molecule is CCCCNC(=O)C(C)N(Cc1c(Cl)cccc1Cl)C(=O)CN(c1cc(Cl)ccc1C)S(C)(=O)=O. The first-order chi connectivity index (χ1) is 16.4. The molecule has 0 bridgehead atoms. The van der Waals surface area contributed by atoms with Crippen LogP contribution in [0.3, 0.4) is 0 Å². The summed E-state index contributed by atoms with van der Waals surface area (Å²) in [5.74, 6) is -0.955. The van der Waals surface area contributed by atoms with E-state index in [9.17, 15) is 18.0 Å². The number of nitrogens with one attached hydrogen (secondary N) is 1. The van der Waals surface area contributed by atoms with Crippen molar-refractivity contribution in [3.8, 4) is 0 Å². The van der Waals surface area contributed by atoms with Gasteiger partial charge in [0.05, 0.1) is 11.9 Å². The fraction of sp³-hybridized carbons (Fsp3) is 0.417. The number of carbonyl (C=O) groups excluding carboxylic acids is 2. The number of anilines is 1. The molecular formula is C24H30Cl3N3O4S. The second kappa shape index (κ2) is 12.8. The summed E-state index contributed by atoms with van der Waals surface area (Å²) in [4.78, 5) is 27.7. The van der Waals surface area contributed by atoms with Crippen molar-refractivity contribution < 1.29 is 18.0 Å². The van der Waals surface area contributed by atoms with Crippen LogP contribution in [0.25, 0.3) is 0 Å². The van der Waals surface area contributed by atoms with Crippen LogP contribution in [0.5, 0.6) is 0 Å². The van der Waals surface area contributed by atoms with Crippen molar-refractivity contribution in [2.75, 3.05) is 23.7 Å². The Labute approximate surface area is 222 Å². The van der Waals surface area contributed by atoms with Crippen molar-refractivity contribution in [3.63, 3.8) is 0 Å². The van der Waals surface area contributed by atoms with Crippen molar-refractivity contribution >= 4 is 62.3 Å². The number of unbranched alkanes of at least 4 members (excludes halogenated alkanes) is 1. The van der Waals surface area contributed by atoms with E-state index in [1.807, 2.05) is 6.92 Å². The first kappa shape index (κ1) is 29.2. The van der Waals surface area contributed by atoms with Crippen LogP contribution in [0.2, 0.25) is 15.1 Å². The predicted octanol–water partition coefficient (Wildman–Crippen LogP) is 5.05. The topological polar surface area (TPSA) is 86.8 Å². The summed E-state index contributed by atoms with van der Waals surface area (Å²) in [6, 6.07) is 8.83. The van der Waals surface area contributed by atoms with Crippen molar-refractivity contribution in [1.82, 2.24) is 10.2 Å². The molecule has 11 heteroatoms. The molecule has 1 atom stereocenters. The van der Waals surface area contributed by atoms with E-state index in [0.29, 0.717) is 32.7 Å². The zero-order chi connectivity index (χ0) is 26.3. The van der Waals surface area contributed by atoms with Gasteiger partial charge in [0.15, 0.2) is 0 Å². The number of amides is 2. The predicted molar refractivity (Wildman–Crippen MR) is 143 cm³/mol. The Morgan fingerprint density at radius 3 is 2.29 bits per heavy atom. The second-order valence-corrected chi connectivity index (χ2v) is 11.4. The quantitative estimate of drug-likeness (QED) is 0.388. The molecular weight excluding hydrogens is 533 g/mol. The second-order valence-electron chi connectivity index (χ2n) is 8.24. The normalized spacial score (nSPS) is 12.2. The maximum Gasteiger partial charge on any atom is 0.244 e. The van der Waals surface area contributed by atoms with Gasteiger partial charge in [-0.3, -0.25) is 13.9 Å². The highest BCUT2D eigenvalue weighted by Gasteiger charge is 2.31. The molecule has 35 heavy (non-hydrogen) atoms. The van der Waals surface area contributed by atoms with E-state index in [1.54, 1.807) is 44.2 Å². The third-order valence-electron chi connectivity index (χ3n) is 5.51. The summed E-state index contributed by atoms with van der Waals surface area (Å²) in [7, 11) is -3.86. The first-order valence-corrected chi connectivity index (χ1v) is 14.1. The lowest BCUT2D eigenvalue weighted by Gasteiger charge is -2.32. The monoisotopic (exact) mass is 561 g/mol. The Hall–Kier alpha value is -2.00. The summed E-state index contributed by atoms with van der Waals surface area (Å²) in [6.07, 6.45) is 2.70. The van der Waals surface area contributed by atoms with E-state index in [2.05, 4.69) is 5.32 Å². The molecule has 0 fully saturated rings. The Morgan fingerprint density at radius 2 is 1.71 bits per heavy atom. The number of halogens is 3. The van der Waals surface area contributed by atoms with Gasteiger partial charge in [-0.1, -0.05) is 60.3 Å². The molecule has 7 nitrogen and oxygen atoms in total. The number of sulfonamides is 1. The molecule has 2 amide bonds. The molecule has 1 unspecified atom stereocenters. The smallest absolute Gasteiger partial charge is 0.244 e. The van der Waals surface area contributed by atoms with E-state index < -0.39 is 28.5 Å². The van der Waals surface area contributed by atoms with Crippen molar-refractivity contribution in [2.45, 2.75) is 46.2 Å². The Bertz CT molecular complexity index is 1150. The Morgan fingerprint density at radius 1 is 1.09 bits per heavy atom. The van der Waals surface area contributed by atoms with Crippen LogP contribution in [-0.2, 0) is 26.2 Å². The molecule has 2 aromatic carbocycles. The van der Waals surface area contributed by atoms with Crippen molar-refractivity contribution in [2.24, 2.45) is 0 Å². The number of carbonyl (C=O) groups is 2. The maximum absolute atomic E-state index is 13.6. The van der Waals surface area contributed by atoms with Crippen LogP contribution in [0.4, 0.5) is 5.69 Å². The molecule has 0 aliphatic rings. The van der Waals surface area contributed by atoms with Gasteiger partial charge in [-0.15, -0.1) is 0 Å². The number of rotatable bonds is 11. The van der Waals surface area contributed by atoms with Crippen LogP contribution in [0, 0.1) is 6.92 Å². The molecule has 0 radical (unpaired) electrons. The number of aryl methyl sites for hydroxylation is 1. The summed E-state index contributed by atoms with van der Waals surface area (Å²) in [6.45, 7) is 5.16. The summed E-state index contributed by atoms with van der Waals surface area (Å²) >= 11 is 18.8. The lowest BCUT2D eigenvalue weighted by Crippen LogP contribution is -2.51. The molecule has 0 aliphatic heterocycles. The van der Waals surface area contributed by atoms with Crippen LogP contribution < -0.4 is 9.62 Å². The minimum absolute atomic E-state index is 0.0775. The molecule has 0 aliphatic carbocycles. The average Bonchev–Trinajstić information content (AvgIpc) is 2.78. The van der Waals surface area contributed by atoms with E-state index in [-0.39, 0.29) is 18.1 Å². The number of hydrogen-bond donors (Lipinski definition) is 1. The van der Waals surface area contributed by atoms with E-state index in [1.165, 1.54) is 11.0 Å². The summed E-state index contributed by atoms with van der Waals surface area (Å²) in [5, 5.41) is 3.81. The summed E-state index contributed by atoms with van der Waals surface area (Å²) in [5.41, 5.74) is 1.37. The Balaban J connectivity index is 2.45. The van der Waals surface area contributed by atoms with Gasteiger partial charge in [0, 0.05) is 33.7 Å². The minimum atomic E-state index is -3.86. The lowest BCUT2D eigenvalue weighted by atomic mass is 10.1. The maximum atomic E-state index is 13.6. The van der Waals surface area contributed by atoms with Crippen LogP contribution in [0.1, 0.15) is 37.8 Å². The minimum Gasteiger partial charge on any atom is -0.354 e. The molecule has 2 aromatic rings. The van der Waals surface area contributed by atoms with E-state index in [4.69, 9.17) is 34.8 Å². The van der Waals surface area contributed by atoms with Crippen LogP contribution in [-0.4, -0.2) is 50.5 Å². The molecule has 0 saturated carbocycles. The third kappa shape index (κ3) is 8.00. The van der Waals surface area contributed by atoms with Gasteiger partial charge in [0.2, 0.25) is 21.8 Å². The van der Waals surface area contributed by atoms with Gasteiger partial charge < -0.3 is 10.2 Å². The van der Waals surface area contributed by atoms with E-state index in [0.717, 1.165) is 23.4 Å². The van der Waals surface area contributed by atoms with E-state index >= 15 is 0 Å². The molecule has 2 rings (SSSR count). The van der Waals surface area contributed by atoms with Gasteiger partial charge >= 0.3 is 0 Å². The largest absolute Gasteiger partial charge is 0.354 e. The highest BCUT2D eigenvalue weighted by atomic mass is 35.5. The first-order valence-electron chi connectivity index (χ1n) is 11.1. The number of nitrogens with zero attached hydrogens (tertiary/aromatic N) is 2. The average molecular weight is 563 g/mol. The lowest BCUT2D eigenvalue weighted by molar-refractivity contribution is -0.139. The highest BCUT2D eigenvalue weighted by molar-refractivity contribution is 7.92. The van der Waals surface area contributed by atoms with Crippen molar-refractivity contribution in [1.29, 1.82) is 0 Å². The third-order valence-corrected chi connectivity index (χ3v) is 7.58. The van der Waals surface area contributed by atoms with Gasteiger partial charge in [-0.05, 0) is 50.1 Å². The number of benzene rings is 2. The number of hydrogen-bond acceptors (Lipinski definition) is 4. The van der Waals surface area contributed by atoms with Gasteiger partial charge in [-0.2, -0.15) is 0 Å². The zero-order valence-electron chi connectivity index (χ0n) is 20.1. The molecule has 0 spiro atoms. The molecule has 1 N–H and O–H groups in total. The molecule has 0 heterocycles. The van der Waals surface area contributed by atoms with Gasteiger partial charge in [0.25, 0.3) is 0 Å². The van der Waals surface area contributed by atoms with Crippen molar-refractivity contribution in [3.05, 3.63) is 62.6 Å². The molecule has 0 saturated heterocycles. The highest BCUT2D eigenvalue weighted by Crippen LogP contribution is 2.29. The fourth-order valence-electron chi connectivity index (χ4n) is 3.42. The fourth-order valence-corrected chi connectivity index (χ4v) is 5.00.